The van der Waals surface area contributed by atoms with Crippen LogP contribution < -0.4 is 10.5 Å². The normalized spacial score (nSPS) is 11.4. The lowest BCUT2D eigenvalue weighted by Crippen LogP contribution is -2.24. The van der Waals surface area contributed by atoms with Gasteiger partial charge in [0, 0.05) is 6.54 Å². The van der Waals surface area contributed by atoms with E-state index in [-0.39, 0.29) is 22.7 Å². The summed E-state index contributed by atoms with van der Waals surface area (Å²) in [4.78, 5) is -0.0502. The van der Waals surface area contributed by atoms with Crippen LogP contribution in [0.1, 0.15) is 5.56 Å². The molecule has 16 heavy (non-hydrogen) atoms. The minimum Gasteiger partial charge on any atom is -0.396 e. The number of anilines is 1. The molecule has 0 aliphatic carbocycles. The summed E-state index contributed by atoms with van der Waals surface area (Å²) < 4.78 is 38.8. The Morgan fingerprint density at radius 1 is 1.56 bits per heavy atom. The van der Waals surface area contributed by atoms with Gasteiger partial charge in [0.1, 0.15) is 5.82 Å². The Labute approximate surface area is 94.0 Å². The Balaban J connectivity index is 3.19. The molecule has 1 aromatic carbocycles. The molecule has 0 fully saturated rings. The van der Waals surface area contributed by atoms with Gasteiger partial charge >= 0.3 is 0 Å². The highest BCUT2D eigenvalue weighted by molar-refractivity contribution is 7.89. The van der Waals surface area contributed by atoms with Gasteiger partial charge in [0.2, 0.25) is 10.0 Å². The maximum atomic E-state index is 13.2. The Hall–Kier alpha value is -1.40. The monoisotopic (exact) mass is 244 g/mol. The van der Waals surface area contributed by atoms with Crippen LogP contribution in [0.15, 0.2) is 29.7 Å². The molecule has 0 aliphatic heterocycles. The molecule has 1 aromatic rings. The second-order valence-corrected chi connectivity index (χ2v) is 5.05. The van der Waals surface area contributed by atoms with Gasteiger partial charge in [-0.15, -0.1) is 6.58 Å². The van der Waals surface area contributed by atoms with Crippen molar-refractivity contribution in [2.45, 2.75) is 11.8 Å². The molecule has 0 aromatic heterocycles. The topological polar surface area (TPSA) is 72.2 Å². The van der Waals surface area contributed by atoms with Crippen molar-refractivity contribution in [2.75, 3.05) is 12.3 Å². The maximum absolute atomic E-state index is 13.2. The number of rotatable bonds is 4. The van der Waals surface area contributed by atoms with E-state index in [9.17, 15) is 12.8 Å². The molecule has 0 spiro atoms. The fraction of sp³-hybridized carbons (Fsp3) is 0.200. The van der Waals surface area contributed by atoms with Crippen molar-refractivity contribution in [3.63, 3.8) is 0 Å². The lowest BCUT2D eigenvalue weighted by molar-refractivity contribution is 0.584. The van der Waals surface area contributed by atoms with Gasteiger partial charge in [-0.3, -0.25) is 0 Å². The van der Waals surface area contributed by atoms with E-state index in [0.29, 0.717) is 0 Å². The Morgan fingerprint density at radius 3 is 2.69 bits per heavy atom. The van der Waals surface area contributed by atoms with Crippen molar-refractivity contribution in [3.8, 4) is 0 Å². The van der Waals surface area contributed by atoms with Crippen LogP contribution in [0.4, 0.5) is 10.1 Å². The van der Waals surface area contributed by atoms with E-state index in [1.165, 1.54) is 19.1 Å². The molecule has 0 bridgehead atoms. The molecular weight excluding hydrogens is 231 g/mol. The number of nitrogens with two attached hydrogens (primary N) is 1. The van der Waals surface area contributed by atoms with Gasteiger partial charge in [-0.25, -0.2) is 17.5 Å². The molecule has 0 unspecified atom stereocenters. The first kappa shape index (κ1) is 12.7. The number of halogens is 1. The fourth-order valence-corrected chi connectivity index (χ4v) is 2.29. The van der Waals surface area contributed by atoms with Crippen LogP contribution >= 0.6 is 0 Å². The van der Waals surface area contributed by atoms with Crippen LogP contribution in [0.25, 0.3) is 0 Å². The van der Waals surface area contributed by atoms with Gasteiger partial charge in [0.15, 0.2) is 0 Å². The van der Waals surface area contributed by atoms with Gasteiger partial charge in [0.25, 0.3) is 0 Å². The highest BCUT2D eigenvalue weighted by Gasteiger charge is 2.16. The van der Waals surface area contributed by atoms with Crippen molar-refractivity contribution >= 4 is 15.7 Å². The lowest BCUT2D eigenvalue weighted by Gasteiger charge is -2.08. The average Bonchev–Trinajstić information content (AvgIpc) is 2.22. The molecule has 4 nitrogen and oxygen atoms in total. The first-order valence-electron chi connectivity index (χ1n) is 4.54. The zero-order valence-electron chi connectivity index (χ0n) is 8.83. The van der Waals surface area contributed by atoms with Crippen molar-refractivity contribution in [3.05, 3.63) is 36.2 Å². The molecule has 88 valence electrons. The minimum absolute atomic E-state index is 0.0502. The summed E-state index contributed by atoms with van der Waals surface area (Å²) in [6.07, 6.45) is 1.41. The van der Waals surface area contributed by atoms with Crippen LogP contribution in [0.2, 0.25) is 0 Å². The number of hydrogen-bond donors (Lipinski definition) is 2. The lowest BCUT2D eigenvalue weighted by atomic mass is 10.2. The predicted octanol–water partition coefficient (Wildman–Crippen LogP) is 1.18. The predicted molar refractivity (Wildman–Crippen MR) is 60.9 cm³/mol. The number of nitrogen functional groups attached to an aromatic ring is 1. The third-order valence-corrected chi connectivity index (χ3v) is 3.39. The highest BCUT2D eigenvalue weighted by Crippen LogP contribution is 2.20. The molecule has 6 heteroatoms. The van der Waals surface area contributed by atoms with Gasteiger partial charge < -0.3 is 5.73 Å². The van der Waals surface area contributed by atoms with Crippen molar-refractivity contribution in [1.82, 2.24) is 4.72 Å². The van der Waals surface area contributed by atoms with E-state index in [1.807, 2.05) is 0 Å². The average molecular weight is 244 g/mol. The van der Waals surface area contributed by atoms with Crippen LogP contribution in [0.3, 0.4) is 0 Å². The zero-order valence-corrected chi connectivity index (χ0v) is 9.64. The van der Waals surface area contributed by atoms with E-state index in [0.717, 1.165) is 6.07 Å². The van der Waals surface area contributed by atoms with E-state index in [4.69, 9.17) is 5.73 Å². The first-order valence-corrected chi connectivity index (χ1v) is 6.03. The summed E-state index contributed by atoms with van der Waals surface area (Å²) in [5.41, 5.74) is 5.37. The molecule has 0 heterocycles. The van der Waals surface area contributed by atoms with Crippen molar-refractivity contribution < 1.29 is 12.8 Å². The third kappa shape index (κ3) is 2.59. The molecule has 0 saturated carbocycles. The standard InChI is InChI=1S/C10H13FN2O2S/c1-3-4-13-16(14,15)8-5-7(2)10(11)9(12)6-8/h3,5-6,13H,1,4,12H2,2H3. The molecule has 3 N–H and O–H groups in total. The summed E-state index contributed by atoms with van der Waals surface area (Å²) in [5.74, 6) is -0.595. The third-order valence-electron chi connectivity index (χ3n) is 1.98. The summed E-state index contributed by atoms with van der Waals surface area (Å²) in [6.45, 7) is 4.96. The van der Waals surface area contributed by atoms with E-state index < -0.39 is 15.8 Å². The second-order valence-electron chi connectivity index (χ2n) is 3.28. The summed E-state index contributed by atoms with van der Waals surface area (Å²) in [7, 11) is -3.65. The molecular formula is C10H13FN2O2S. The Bertz CT molecular complexity index is 489. The number of sulfonamides is 1. The highest BCUT2D eigenvalue weighted by atomic mass is 32.2. The zero-order chi connectivity index (χ0) is 12.3. The summed E-state index contributed by atoms with van der Waals surface area (Å²) in [6, 6.07) is 2.32. The molecule has 0 saturated heterocycles. The summed E-state index contributed by atoms with van der Waals surface area (Å²) >= 11 is 0. The Kier molecular flexibility index (Phi) is 3.66. The molecule has 0 radical (unpaired) electrons. The molecule has 1 rings (SSSR count). The SMILES string of the molecule is C=CCNS(=O)(=O)c1cc(C)c(F)c(N)c1. The number of nitrogens with one attached hydrogen (secondary N) is 1. The van der Waals surface area contributed by atoms with E-state index >= 15 is 0 Å². The van der Waals surface area contributed by atoms with E-state index in [2.05, 4.69) is 11.3 Å². The minimum atomic E-state index is -3.65. The van der Waals surface area contributed by atoms with Gasteiger partial charge in [-0.1, -0.05) is 6.08 Å². The van der Waals surface area contributed by atoms with Crippen LogP contribution in [0.5, 0.6) is 0 Å². The van der Waals surface area contributed by atoms with E-state index in [1.54, 1.807) is 0 Å². The van der Waals surface area contributed by atoms with Gasteiger partial charge in [0.05, 0.1) is 10.6 Å². The van der Waals surface area contributed by atoms with Crippen molar-refractivity contribution in [1.29, 1.82) is 0 Å². The summed E-state index contributed by atoms with van der Waals surface area (Å²) in [5, 5.41) is 0. The number of benzene rings is 1. The first-order chi connectivity index (χ1) is 7.38. The second kappa shape index (κ2) is 4.63. The van der Waals surface area contributed by atoms with Crippen LogP contribution in [-0.2, 0) is 10.0 Å². The quantitative estimate of drug-likeness (QED) is 0.617. The van der Waals surface area contributed by atoms with Crippen LogP contribution in [0, 0.1) is 12.7 Å². The largest absolute Gasteiger partial charge is 0.396 e. The molecule has 0 aliphatic rings. The number of aryl methyl sites for hydroxylation is 1. The molecule has 0 amide bonds. The smallest absolute Gasteiger partial charge is 0.240 e. The number of hydrogen-bond acceptors (Lipinski definition) is 3. The molecule has 0 atom stereocenters. The van der Waals surface area contributed by atoms with Gasteiger partial charge in [-0.2, -0.15) is 0 Å². The maximum Gasteiger partial charge on any atom is 0.240 e. The van der Waals surface area contributed by atoms with Crippen LogP contribution in [-0.4, -0.2) is 15.0 Å². The Morgan fingerprint density at radius 2 is 2.19 bits per heavy atom. The van der Waals surface area contributed by atoms with Crippen molar-refractivity contribution in [2.24, 2.45) is 0 Å². The fourth-order valence-electron chi connectivity index (χ4n) is 1.17. The van der Waals surface area contributed by atoms with Gasteiger partial charge in [-0.05, 0) is 24.6 Å².